The Balaban J connectivity index is 1.64. The van der Waals surface area contributed by atoms with E-state index in [0.29, 0.717) is 37.7 Å². The van der Waals surface area contributed by atoms with Crippen LogP contribution in [-0.2, 0) is 9.59 Å². The van der Waals surface area contributed by atoms with E-state index in [-0.39, 0.29) is 30.1 Å². The Morgan fingerprint density at radius 1 is 1.04 bits per heavy atom. The number of rotatable bonds is 3. The van der Waals surface area contributed by atoms with Crippen molar-refractivity contribution in [2.45, 2.75) is 44.6 Å². The van der Waals surface area contributed by atoms with Crippen molar-refractivity contribution in [2.75, 3.05) is 19.6 Å². The summed E-state index contributed by atoms with van der Waals surface area (Å²) >= 11 is 0. The van der Waals surface area contributed by atoms with Crippen molar-refractivity contribution in [3.63, 3.8) is 0 Å². The Morgan fingerprint density at radius 2 is 1.81 bits per heavy atom. The molecule has 26 heavy (non-hydrogen) atoms. The first-order valence-corrected chi connectivity index (χ1v) is 9.55. The van der Waals surface area contributed by atoms with E-state index < -0.39 is 0 Å². The van der Waals surface area contributed by atoms with Crippen LogP contribution >= 0.6 is 0 Å². The van der Waals surface area contributed by atoms with Crippen LogP contribution < -0.4 is 10.6 Å². The number of carbonyl (C=O) groups excluding carboxylic acids is 3. The summed E-state index contributed by atoms with van der Waals surface area (Å²) in [6.07, 6.45) is 4.56. The highest BCUT2D eigenvalue weighted by Gasteiger charge is 2.28. The van der Waals surface area contributed by atoms with E-state index in [1.165, 1.54) is 0 Å². The predicted octanol–water partition coefficient (Wildman–Crippen LogP) is 1.71. The molecule has 0 spiro atoms. The topological polar surface area (TPSA) is 78.5 Å². The van der Waals surface area contributed by atoms with Gasteiger partial charge >= 0.3 is 0 Å². The summed E-state index contributed by atoms with van der Waals surface area (Å²) in [7, 11) is 0. The third kappa shape index (κ3) is 5.31. The molecule has 2 N–H and O–H groups in total. The number of benzene rings is 1. The van der Waals surface area contributed by atoms with Gasteiger partial charge in [0.05, 0.1) is 0 Å². The molecule has 2 fully saturated rings. The molecule has 1 saturated heterocycles. The van der Waals surface area contributed by atoms with Crippen molar-refractivity contribution in [3.8, 4) is 0 Å². The molecule has 3 amide bonds. The monoisotopic (exact) mass is 357 g/mol. The Morgan fingerprint density at radius 3 is 2.54 bits per heavy atom. The van der Waals surface area contributed by atoms with Crippen LogP contribution in [0.3, 0.4) is 0 Å². The van der Waals surface area contributed by atoms with Crippen molar-refractivity contribution in [3.05, 3.63) is 35.9 Å². The fourth-order valence-electron chi connectivity index (χ4n) is 3.27. The number of hydrogen-bond donors (Lipinski definition) is 2. The second kappa shape index (κ2) is 8.83. The Labute approximate surface area is 154 Å². The summed E-state index contributed by atoms with van der Waals surface area (Å²) in [6, 6.07) is 9.47. The molecule has 0 bridgehead atoms. The number of amides is 3. The molecule has 1 aliphatic heterocycles. The first-order chi connectivity index (χ1) is 12.6. The number of nitrogens with one attached hydrogen (secondary N) is 2. The van der Waals surface area contributed by atoms with Crippen molar-refractivity contribution in [1.82, 2.24) is 15.5 Å². The lowest BCUT2D eigenvalue weighted by Gasteiger charge is -2.23. The van der Waals surface area contributed by atoms with Crippen molar-refractivity contribution in [1.29, 1.82) is 0 Å². The van der Waals surface area contributed by atoms with Gasteiger partial charge in [-0.3, -0.25) is 14.4 Å². The maximum Gasteiger partial charge on any atom is 0.253 e. The molecule has 140 valence electrons. The smallest absolute Gasteiger partial charge is 0.253 e. The zero-order valence-electron chi connectivity index (χ0n) is 15.1. The van der Waals surface area contributed by atoms with E-state index in [1.54, 1.807) is 17.0 Å². The lowest BCUT2D eigenvalue weighted by Crippen LogP contribution is -2.35. The zero-order valence-corrected chi connectivity index (χ0v) is 15.1. The van der Waals surface area contributed by atoms with Crippen LogP contribution in [0.4, 0.5) is 0 Å². The maximum absolute atomic E-state index is 12.7. The minimum absolute atomic E-state index is 0.0587. The van der Waals surface area contributed by atoms with E-state index in [2.05, 4.69) is 10.6 Å². The van der Waals surface area contributed by atoms with E-state index >= 15 is 0 Å². The second-order valence-electron chi connectivity index (χ2n) is 7.17. The Hall–Kier alpha value is -2.37. The first kappa shape index (κ1) is 18.4. The summed E-state index contributed by atoms with van der Waals surface area (Å²) < 4.78 is 0. The molecule has 3 rings (SSSR count). The van der Waals surface area contributed by atoms with Gasteiger partial charge in [-0.2, -0.15) is 0 Å². The van der Waals surface area contributed by atoms with Crippen LogP contribution in [0.1, 0.15) is 48.9 Å². The second-order valence-corrected chi connectivity index (χ2v) is 7.17. The predicted molar refractivity (Wildman–Crippen MR) is 98.5 cm³/mol. The fourth-order valence-corrected chi connectivity index (χ4v) is 3.27. The van der Waals surface area contributed by atoms with Gasteiger partial charge in [0.2, 0.25) is 11.8 Å². The molecular formula is C20H27N3O3. The summed E-state index contributed by atoms with van der Waals surface area (Å²) in [5, 5.41) is 5.94. The van der Waals surface area contributed by atoms with Crippen LogP contribution in [0.5, 0.6) is 0 Å². The molecule has 1 heterocycles. The molecule has 1 aromatic rings. The molecule has 0 aromatic heterocycles. The Bertz CT molecular complexity index is 643. The van der Waals surface area contributed by atoms with Gasteiger partial charge in [-0.05, 0) is 44.2 Å². The fraction of sp³-hybridized carbons (Fsp3) is 0.550. The molecule has 1 aliphatic carbocycles. The summed E-state index contributed by atoms with van der Waals surface area (Å²) in [4.78, 5) is 38.9. The summed E-state index contributed by atoms with van der Waals surface area (Å²) in [5.74, 6) is -0.152. The van der Waals surface area contributed by atoms with Crippen molar-refractivity contribution < 1.29 is 14.4 Å². The molecule has 6 nitrogen and oxygen atoms in total. The summed E-state index contributed by atoms with van der Waals surface area (Å²) in [5.41, 5.74) is 0.630. The van der Waals surface area contributed by atoms with Crippen molar-refractivity contribution >= 4 is 17.7 Å². The van der Waals surface area contributed by atoms with Gasteiger partial charge in [0, 0.05) is 43.6 Å². The van der Waals surface area contributed by atoms with E-state index in [1.807, 2.05) is 18.2 Å². The third-order valence-electron chi connectivity index (χ3n) is 5.01. The number of nitrogens with zero attached hydrogens (tertiary/aromatic N) is 1. The van der Waals surface area contributed by atoms with Gasteiger partial charge in [-0.25, -0.2) is 0 Å². The molecule has 1 saturated carbocycles. The van der Waals surface area contributed by atoms with Gasteiger partial charge in [0.25, 0.3) is 5.91 Å². The van der Waals surface area contributed by atoms with Crippen LogP contribution in [0.25, 0.3) is 0 Å². The van der Waals surface area contributed by atoms with Gasteiger partial charge in [-0.1, -0.05) is 18.2 Å². The van der Waals surface area contributed by atoms with Crippen LogP contribution in [-0.4, -0.2) is 48.3 Å². The van der Waals surface area contributed by atoms with Crippen molar-refractivity contribution in [2.24, 2.45) is 5.92 Å². The Kier molecular flexibility index (Phi) is 6.26. The molecule has 1 unspecified atom stereocenters. The molecule has 0 radical (unpaired) electrons. The molecule has 6 heteroatoms. The molecular weight excluding hydrogens is 330 g/mol. The largest absolute Gasteiger partial charge is 0.356 e. The highest BCUT2D eigenvalue weighted by atomic mass is 16.2. The average Bonchev–Trinajstić information content (AvgIpc) is 3.46. The van der Waals surface area contributed by atoms with Crippen LogP contribution in [0, 0.1) is 5.92 Å². The maximum atomic E-state index is 12.7. The van der Waals surface area contributed by atoms with E-state index in [4.69, 9.17) is 0 Å². The SMILES string of the molecule is O=C1CCN(C(=O)c2ccccc2)CCCC(C(=O)NC2CC2)CCN1. The van der Waals surface area contributed by atoms with E-state index in [9.17, 15) is 14.4 Å². The highest BCUT2D eigenvalue weighted by Crippen LogP contribution is 2.21. The van der Waals surface area contributed by atoms with Gasteiger partial charge in [0.1, 0.15) is 0 Å². The molecule has 2 aliphatic rings. The third-order valence-corrected chi connectivity index (χ3v) is 5.01. The quantitative estimate of drug-likeness (QED) is 0.864. The minimum atomic E-state index is -0.109. The standard InChI is InChI=1S/C20H27N3O3/c24-18-11-14-23(20(26)16-5-2-1-3-6-16)13-4-7-15(10-12-21-18)19(25)22-17-8-9-17/h1-3,5-6,15,17H,4,7-14H2,(H,21,24)(H,22,25). The molecule has 1 aromatic carbocycles. The molecule has 1 atom stereocenters. The van der Waals surface area contributed by atoms with Crippen LogP contribution in [0.15, 0.2) is 30.3 Å². The van der Waals surface area contributed by atoms with Gasteiger partial charge in [0.15, 0.2) is 0 Å². The van der Waals surface area contributed by atoms with Gasteiger partial charge in [-0.15, -0.1) is 0 Å². The van der Waals surface area contributed by atoms with Crippen LogP contribution in [0.2, 0.25) is 0 Å². The number of carbonyl (C=O) groups is 3. The van der Waals surface area contributed by atoms with E-state index in [0.717, 1.165) is 25.7 Å². The average molecular weight is 357 g/mol. The summed E-state index contributed by atoms with van der Waals surface area (Å²) in [6.45, 7) is 1.47. The van der Waals surface area contributed by atoms with Gasteiger partial charge < -0.3 is 15.5 Å². The lowest BCUT2D eigenvalue weighted by molar-refractivity contribution is -0.126. The zero-order chi connectivity index (χ0) is 18.4. The first-order valence-electron chi connectivity index (χ1n) is 9.55. The number of hydrogen-bond acceptors (Lipinski definition) is 3. The minimum Gasteiger partial charge on any atom is -0.356 e. The normalized spacial score (nSPS) is 22.1. The highest BCUT2D eigenvalue weighted by molar-refractivity contribution is 5.94. The lowest BCUT2D eigenvalue weighted by atomic mass is 9.98.